The van der Waals surface area contributed by atoms with Gasteiger partial charge in [-0.3, -0.25) is 4.79 Å². The van der Waals surface area contributed by atoms with Crippen molar-refractivity contribution in [2.75, 3.05) is 26.4 Å². The number of hydrogen-bond acceptors (Lipinski definition) is 6. The fourth-order valence-electron chi connectivity index (χ4n) is 6.39. The van der Waals surface area contributed by atoms with Crippen molar-refractivity contribution in [3.63, 3.8) is 0 Å². The molecule has 1 N–H and O–H groups in total. The average Bonchev–Trinajstić information content (AvgIpc) is 3.17. The monoisotopic (exact) mass is 771 g/mol. The molecule has 0 atom stereocenters. The lowest BCUT2D eigenvalue weighted by Gasteiger charge is -2.19. The van der Waals surface area contributed by atoms with Crippen LogP contribution in [0.1, 0.15) is 198 Å². The molecule has 0 saturated heterocycles. The first kappa shape index (κ1) is 47.3. The quantitative estimate of drug-likeness (QED) is 0.0326. The number of rotatable bonds is 35. The molecule has 306 valence electrons. The molecule has 2 aromatic carbocycles. The summed E-state index contributed by atoms with van der Waals surface area (Å²) in [6.45, 7) is 11.1. The van der Waals surface area contributed by atoms with Gasteiger partial charge in [0.25, 0.3) is 0 Å². The Bertz CT molecular complexity index is 1250. The summed E-state index contributed by atoms with van der Waals surface area (Å²) in [5.41, 5.74) is 0.813. The summed E-state index contributed by atoms with van der Waals surface area (Å²) in [5.74, 6) is 1.68. The summed E-state index contributed by atoms with van der Waals surface area (Å²) in [6.07, 6.45) is 29.2. The largest absolute Gasteiger partial charge is 0.507 e. The third-order valence-corrected chi connectivity index (χ3v) is 10.1. The molecular weight excluding hydrogens is 696 g/mol. The minimum atomic E-state index is -0.357. The van der Waals surface area contributed by atoms with Gasteiger partial charge in [-0.05, 0) is 56.0 Å². The number of allylic oxidation sites excluding steroid dienone is 1. The minimum absolute atomic E-state index is 0.171. The summed E-state index contributed by atoms with van der Waals surface area (Å²) in [4.78, 5) is 13.4. The van der Waals surface area contributed by atoms with Gasteiger partial charge in [-0.1, -0.05) is 168 Å². The van der Waals surface area contributed by atoms with E-state index in [4.69, 9.17) is 30.5 Å². The van der Waals surface area contributed by atoms with Crippen molar-refractivity contribution in [3.05, 3.63) is 52.6 Å². The molecule has 0 radical (unpaired) electrons. The topological polar surface area (TPSA) is 74.2 Å². The number of unbranched alkanes of at least 4 members (excludes halogenated alkanes) is 20. The van der Waals surface area contributed by atoms with Gasteiger partial charge in [0.2, 0.25) is 5.75 Å². The molecule has 0 amide bonds. The predicted molar refractivity (Wildman–Crippen MR) is 228 cm³/mol. The van der Waals surface area contributed by atoms with Crippen molar-refractivity contribution in [2.45, 2.75) is 182 Å². The van der Waals surface area contributed by atoms with Crippen LogP contribution in [0.4, 0.5) is 0 Å². The number of halogens is 1. The van der Waals surface area contributed by atoms with Crippen LogP contribution >= 0.6 is 11.6 Å². The molecule has 54 heavy (non-hydrogen) atoms. The van der Waals surface area contributed by atoms with E-state index in [1.54, 1.807) is 30.3 Å². The fourth-order valence-corrected chi connectivity index (χ4v) is 6.63. The predicted octanol–water partition coefficient (Wildman–Crippen LogP) is 15.1. The van der Waals surface area contributed by atoms with Crippen LogP contribution in [0.5, 0.6) is 23.0 Å². The standard InChI is InChI=1S/C47H75ClO6/c1-5-9-13-17-21-25-31-51-44-30-29-39(35-41(44)48)42(49)38-43(50)40-36-45(52-32-26-22-18-14-10-6-2)47(54-34-28-24-20-16-12-8-4)46(37-40)53-33-27-23-19-15-11-7-3/h29-30,35-38,50H,5-28,31-34H2,1-4H3/b43-38-. The van der Waals surface area contributed by atoms with Gasteiger partial charge in [0.15, 0.2) is 17.3 Å². The normalized spacial score (nSPS) is 11.5. The van der Waals surface area contributed by atoms with Gasteiger partial charge < -0.3 is 24.1 Å². The van der Waals surface area contributed by atoms with E-state index in [1.807, 2.05) is 0 Å². The second-order valence-corrected chi connectivity index (χ2v) is 15.2. The van der Waals surface area contributed by atoms with Crippen molar-refractivity contribution in [1.29, 1.82) is 0 Å². The average molecular weight is 772 g/mol. The van der Waals surface area contributed by atoms with Crippen LogP contribution in [-0.4, -0.2) is 37.3 Å². The molecule has 0 aliphatic carbocycles. The maximum atomic E-state index is 13.4. The Morgan fingerprint density at radius 3 is 1.28 bits per heavy atom. The summed E-state index contributed by atoms with van der Waals surface area (Å²) in [7, 11) is 0. The van der Waals surface area contributed by atoms with E-state index in [1.165, 1.54) is 109 Å². The Balaban J connectivity index is 2.26. The van der Waals surface area contributed by atoms with Gasteiger partial charge in [-0.2, -0.15) is 0 Å². The Hall–Kier alpha value is -2.86. The summed E-state index contributed by atoms with van der Waals surface area (Å²) in [5, 5.41) is 11.7. The number of ether oxygens (including phenoxy) is 4. The lowest BCUT2D eigenvalue weighted by atomic mass is 10.1. The number of aliphatic hydroxyl groups is 1. The molecule has 0 unspecified atom stereocenters. The Labute approximate surface area is 334 Å². The molecule has 0 spiro atoms. The van der Waals surface area contributed by atoms with E-state index in [0.29, 0.717) is 65.6 Å². The first-order valence-electron chi connectivity index (χ1n) is 21.9. The van der Waals surface area contributed by atoms with Crippen molar-refractivity contribution in [1.82, 2.24) is 0 Å². The summed E-state index contributed by atoms with van der Waals surface area (Å²) < 4.78 is 25.1. The second kappa shape index (κ2) is 31.4. The minimum Gasteiger partial charge on any atom is -0.507 e. The van der Waals surface area contributed by atoms with Crippen LogP contribution in [-0.2, 0) is 0 Å². The molecule has 0 fully saturated rings. The first-order chi connectivity index (χ1) is 26.4. The Morgan fingerprint density at radius 1 is 0.500 bits per heavy atom. The molecule has 0 bridgehead atoms. The zero-order valence-electron chi connectivity index (χ0n) is 34.6. The smallest absolute Gasteiger partial charge is 0.203 e. The zero-order valence-corrected chi connectivity index (χ0v) is 35.4. The Kier molecular flexibility index (Phi) is 27.5. The number of carbonyl (C=O) groups is 1. The number of carbonyl (C=O) groups excluding carboxylic acids is 1. The second-order valence-electron chi connectivity index (χ2n) is 14.8. The van der Waals surface area contributed by atoms with E-state index in [2.05, 4.69) is 27.7 Å². The van der Waals surface area contributed by atoms with Gasteiger partial charge in [0.05, 0.1) is 31.5 Å². The highest BCUT2D eigenvalue weighted by Crippen LogP contribution is 2.41. The number of ketones is 1. The van der Waals surface area contributed by atoms with Crippen LogP contribution < -0.4 is 18.9 Å². The molecular formula is C47H75ClO6. The zero-order chi connectivity index (χ0) is 39.1. The van der Waals surface area contributed by atoms with Crippen molar-refractivity contribution in [3.8, 4) is 23.0 Å². The Morgan fingerprint density at radius 2 is 0.870 bits per heavy atom. The van der Waals surface area contributed by atoms with Crippen molar-refractivity contribution in [2.24, 2.45) is 0 Å². The SMILES string of the molecule is CCCCCCCCOc1ccc(C(=O)/C=C(\O)c2cc(OCCCCCCCC)c(OCCCCCCCC)c(OCCCCCCCC)c2)cc1Cl. The molecule has 0 saturated carbocycles. The lowest BCUT2D eigenvalue weighted by Crippen LogP contribution is -2.07. The van der Waals surface area contributed by atoms with Crippen molar-refractivity contribution < 1.29 is 28.8 Å². The summed E-state index contributed by atoms with van der Waals surface area (Å²) in [6, 6.07) is 8.58. The third-order valence-electron chi connectivity index (χ3n) is 9.81. The number of benzene rings is 2. The number of aliphatic hydroxyl groups excluding tert-OH is 1. The highest BCUT2D eigenvalue weighted by molar-refractivity contribution is 6.32. The fraction of sp³-hybridized carbons (Fsp3) is 0.681. The molecule has 0 aromatic heterocycles. The van der Waals surface area contributed by atoms with Crippen molar-refractivity contribution >= 4 is 23.1 Å². The van der Waals surface area contributed by atoms with Crippen LogP contribution in [0.15, 0.2) is 36.4 Å². The van der Waals surface area contributed by atoms with Crippen LogP contribution in [0.25, 0.3) is 5.76 Å². The van der Waals surface area contributed by atoms with Gasteiger partial charge in [-0.25, -0.2) is 0 Å². The maximum absolute atomic E-state index is 13.4. The van der Waals surface area contributed by atoms with Crippen LogP contribution in [0.2, 0.25) is 5.02 Å². The summed E-state index contributed by atoms with van der Waals surface area (Å²) >= 11 is 6.54. The molecule has 0 aliphatic rings. The van der Waals surface area contributed by atoms with E-state index in [0.717, 1.165) is 51.4 Å². The van der Waals surface area contributed by atoms with E-state index < -0.39 is 0 Å². The molecule has 6 nitrogen and oxygen atoms in total. The molecule has 7 heteroatoms. The molecule has 2 aromatic rings. The van der Waals surface area contributed by atoms with Crippen LogP contribution in [0, 0.1) is 0 Å². The molecule has 2 rings (SSSR count). The molecule has 0 heterocycles. The van der Waals surface area contributed by atoms with Crippen LogP contribution in [0.3, 0.4) is 0 Å². The third kappa shape index (κ3) is 20.7. The van der Waals surface area contributed by atoms with E-state index >= 15 is 0 Å². The first-order valence-corrected chi connectivity index (χ1v) is 22.3. The van der Waals surface area contributed by atoms with E-state index in [-0.39, 0.29) is 11.5 Å². The van der Waals surface area contributed by atoms with Gasteiger partial charge in [0.1, 0.15) is 11.5 Å². The van der Waals surface area contributed by atoms with Gasteiger partial charge in [-0.15, -0.1) is 0 Å². The van der Waals surface area contributed by atoms with E-state index in [9.17, 15) is 9.90 Å². The molecule has 0 aliphatic heterocycles. The maximum Gasteiger partial charge on any atom is 0.203 e. The lowest BCUT2D eigenvalue weighted by molar-refractivity contribution is 0.104. The number of hydrogen-bond donors (Lipinski definition) is 1. The highest BCUT2D eigenvalue weighted by Gasteiger charge is 2.19. The highest BCUT2D eigenvalue weighted by atomic mass is 35.5. The van der Waals surface area contributed by atoms with Gasteiger partial charge >= 0.3 is 0 Å². The van der Waals surface area contributed by atoms with Gasteiger partial charge in [0, 0.05) is 17.2 Å².